The lowest BCUT2D eigenvalue weighted by molar-refractivity contribution is -0.115. The van der Waals surface area contributed by atoms with Crippen LogP contribution in [-0.2, 0) is 4.79 Å². The van der Waals surface area contributed by atoms with E-state index in [9.17, 15) is 9.59 Å². The normalized spacial score (nSPS) is 12.5. The second kappa shape index (κ2) is 18.7. The molecule has 0 bridgehead atoms. The van der Waals surface area contributed by atoms with Crippen molar-refractivity contribution in [1.82, 2.24) is 34.7 Å². The number of thiophene rings is 1. The Balaban J connectivity index is 0.000000673. The predicted molar refractivity (Wildman–Crippen MR) is 184 cm³/mol. The molecule has 10 nitrogen and oxygen atoms in total. The highest BCUT2D eigenvalue weighted by molar-refractivity contribution is 7.13. The number of carbonyl (C=O) groups is 2. The lowest BCUT2D eigenvalue weighted by Gasteiger charge is -2.32. The van der Waals surface area contributed by atoms with E-state index in [2.05, 4.69) is 47.1 Å². The van der Waals surface area contributed by atoms with Gasteiger partial charge in [-0.1, -0.05) is 47.6 Å². The van der Waals surface area contributed by atoms with Crippen LogP contribution in [0.25, 0.3) is 27.5 Å². The van der Waals surface area contributed by atoms with Crippen molar-refractivity contribution in [1.29, 1.82) is 0 Å². The lowest BCUT2D eigenvalue weighted by atomic mass is 10.1. The number of rotatable bonds is 10. The molecule has 1 saturated heterocycles. The summed E-state index contributed by atoms with van der Waals surface area (Å²) in [5.41, 5.74) is 3.76. The predicted octanol–water partition coefficient (Wildman–Crippen LogP) is 5.95. The molecular formula is C33H50N8O2S. The van der Waals surface area contributed by atoms with Crippen LogP contribution in [0.4, 0.5) is 5.82 Å². The lowest BCUT2D eigenvalue weighted by Crippen LogP contribution is -2.42. The second-order valence-electron chi connectivity index (χ2n) is 9.91. The molecule has 0 radical (unpaired) electrons. The maximum absolute atomic E-state index is 13.2. The minimum Gasteiger partial charge on any atom is -0.356 e. The van der Waals surface area contributed by atoms with E-state index in [4.69, 9.17) is 9.97 Å². The number of hydrogen-bond donors (Lipinski definition) is 1. The van der Waals surface area contributed by atoms with Crippen LogP contribution in [0.1, 0.15) is 65.2 Å². The average Bonchev–Trinajstić information content (AvgIpc) is 3.72. The molecule has 5 rings (SSSR count). The van der Waals surface area contributed by atoms with Gasteiger partial charge in [-0.15, -0.1) is 11.3 Å². The number of likely N-dealkylation sites (N-methyl/N-ethyl adjacent to an activating group) is 1. The van der Waals surface area contributed by atoms with E-state index in [1.807, 2.05) is 63.5 Å². The van der Waals surface area contributed by atoms with Gasteiger partial charge in [0.2, 0.25) is 6.41 Å². The topological polar surface area (TPSA) is 99.0 Å². The van der Waals surface area contributed by atoms with Crippen LogP contribution in [0.15, 0.2) is 48.1 Å². The first-order valence-corrected chi connectivity index (χ1v) is 16.5. The monoisotopic (exact) mass is 622 g/mol. The molecule has 44 heavy (non-hydrogen) atoms. The van der Waals surface area contributed by atoms with Crippen molar-refractivity contribution in [2.24, 2.45) is 0 Å². The molecule has 11 heteroatoms. The van der Waals surface area contributed by atoms with Crippen LogP contribution in [0.5, 0.6) is 0 Å². The van der Waals surface area contributed by atoms with Crippen LogP contribution in [0, 0.1) is 0 Å². The molecule has 1 unspecified atom stereocenters. The molecule has 4 aromatic rings. The molecule has 1 atom stereocenters. The maximum Gasteiger partial charge on any atom is 0.251 e. The number of nitrogens with one attached hydrogen (secondary N) is 1. The molecule has 2 amide bonds. The minimum absolute atomic E-state index is 0.0851. The molecule has 1 fully saturated rings. The number of hydrogen-bond acceptors (Lipinski definition) is 8. The summed E-state index contributed by atoms with van der Waals surface area (Å²) in [5.74, 6) is 0.739. The van der Waals surface area contributed by atoms with Gasteiger partial charge < -0.3 is 15.1 Å². The summed E-state index contributed by atoms with van der Waals surface area (Å²) in [6.07, 6.45) is 5.59. The molecule has 1 aliphatic rings. The third kappa shape index (κ3) is 9.59. The zero-order chi connectivity index (χ0) is 32.6. The Kier molecular flexibility index (Phi) is 15.5. The number of pyridine rings is 1. The number of amides is 2. The average molecular weight is 623 g/mol. The largest absolute Gasteiger partial charge is 0.356 e. The van der Waals surface area contributed by atoms with E-state index in [0.717, 1.165) is 66.6 Å². The Labute approximate surface area is 267 Å². The Morgan fingerprint density at radius 1 is 1.07 bits per heavy atom. The Morgan fingerprint density at radius 3 is 2.30 bits per heavy atom. The van der Waals surface area contributed by atoms with Crippen molar-refractivity contribution in [2.75, 3.05) is 51.7 Å². The summed E-state index contributed by atoms with van der Waals surface area (Å²) in [5, 5.41) is 9.67. The van der Waals surface area contributed by atoms with Crippen LogP contribution in [0.2, 0.25) is 0 Å². The van der Waals surface area contributed by atoms with Gasteiger partial charge in [-0.25, -0.2) is 14.5 Å². The van der Waals surface area contributed by atoms with Crippen molar-refractivity contribution < 1.29 is 9.59 Å². The molecule has 5 heterocycles. The number of aromatic nitrogens is 4. The first-order chi connectivity index (χ1) is 21.3. The van der Waals surface area contributed by atoms with E-state index in [-0.39, 0.29) is 11.9 Å². The number of nitrogens with zero attached hydrogens (tertiary/aromatic N) is 7. The third-order valence-electron chi connectivity index (χ3n) is 6.88. The van der Waals surface area contributed by atoms with Crippen molar-refractivity contribution in [3.63, 3.8) is 0 Å². The highest BCUT2D eigenvalue weighted by atomic mass is 32.1. The molecule has 0 aliphatic carbocycles. The number of fused-ring (bicyclic) bond motifs is 1. The summed E-state index contributed by atoms with van der Waals surface area (Å²) in [6, 6.07) is 10.1. The van der Waals surface area contributed by atoms with Crippen molar-refractivity contribution in [3.8, 4) is 21.8 Å². The molecule has 240 valence electrons. The molecule has 1 aliphatic heterocycles. The van der Waals surface area contributed by atoms with Gasteiger partial charge in [0.15, 0.2) is 5.65 Å². The van der Waals surface area contributed by atoms with E-state index in [0.29, 0.717) is 17.8 Å². The fraction of sp³-hybridized carbons (Fsp3) is 0.485. The fourth-order valence-corrected chi connectivity index (χ4v) is 5.12. The van der Waals surface area contributed by atoms with Crippen molar-refractivity contribution in [3.05, 3.63) is 53.7 Å². The van der Waals surface area contributed by atoms with Crippen LogP contribution in [-0.4, -0.2) is 94.6 Å². The highest BCUT2D eigenvalue weighted by Gasteiger charge is 2.22. The fourth-order valence-electron chi connectivity index (χ4n) is 4.42. The van der Waals surface area contributed by atoms with Gasteiger partial charge >= 0.3 is 0 Å². The van der Waals surface area contributed by atoms with E-state index < -0.39 is 0 Å². The Bertz CT molecular complexity index is 1410. The number of anilines is 1. The van der Waals surface area contributed by atoms with Gasteiger partial charge in [0.1, 0.15) is 5.82 Å². The molecule has 0 spiro atoms. The molecule has 4 aromatic heterocycles. The minimum atomic E-state index is -0.0851. The third-order valence-corrected chi connectivity index (χ3v) is 7.77. The molecular weight excluding hydrogens is 572 g/mol. The summed E-state index contributed by atoms with van der Waals surface area (Å²) in [7, 11) is 3.38. The van der Waals surface area contributed by atoms with Crippen molar-refractivity contribution in [2.45, 2.75) is 60.9 Å². The first-order valence-electron chi connectivity index (χ1n) is 15.6. The zero-order valence-corrected chi connectivity index (χ0v) is 28.7. The quantitative estimate of drug-likeness (QED) is 0.218. The smallest absolute Gasteiger partial charge is 0.251 e. The second-order valence-corrected chi connectivity index (χ2v) is 10.9. The highest BCUT2D eigenvalue weighted by Crippen LogP contribution is 2.30. The molecule has 0 saturated carbocycles. The molecule has 0 aromatic carbocycles. The van der Waals surface area contributed by atoms with Gasteiger partial charge in [-0.2, -0.15) is 5.10 Å². The van der Waals surface area contributed by atoms with Crippen molar-refractivity contribution >= 4 is 35.1 Å². The van der Waals surface area contributed by atoms with E-state index >= 15 is 0 Å². The van der Waals surface area contributed by atoms with Gasteiger partial charge in [0.25, 0.3) is 5.91 Å². The van der Waals surface area contributed by atoms with Crippen LogP contribution < -0.4 is 10.2 Å². The van der Waals surface area contributed by atoms with E-state index in [1.165, 1.54) is 4.90 Å². The van der Waals surface area contributed by atoms with E-state index in [1.54, 1.807) is 36.1 Å². The summed E-state index contributed by atoms with van der Waals surface area (Å²) >= 11 is 1.65. The van der Waals surface area contributed by atoms with Crippen LogP contribution in [0.3, 0.4) is 0 Å². The summed E-state index contributed by atoms with van der Waals surface area (Å²) < 4.78 is 1.76. The molecule has 1 N–H and O–H groups in total. The summed E-state index contributed by atoms with van der Waals surface area (Å²) in [4.78, 5) is 39.5. The SMILES string of the molecule is CC.CC.CCN(CC)C(C)CNC(=O)c1cc(-c2cnn3ccc(-c4cccs4)nc23)nc(N2CCC2)c1.CN(C)C=O. The van der Waals surface area contributed by atoms with Gasteiger partial charge in [-0.05, 0) is 56.1 Å². The van der Waals surface area contributed by atoms with Gasteiger partial charge in [0, 0.05) is 51.5 Å². The van der Waals surface area contributed by atoms with Crippen LogP contribution >= 0.6 is 11.3 Å². The Hall–Kier alpha value is -3.83. The first kappa shape index (κ1) is 36.4. The standard InChI is InChI=1S/C26H31N7OS.C3H7NO.2C2H6/c1-4-31(5-2)18(3)16-27-26(34)19-14-22(29-24(15-19)32-10-7-11-32)20-17-28-33-12-9-21(30-25(20)33)23-8-6-13-35-23;1-4(2)3-5;2*1-2/h6,8-9,12-15,17-18H,4-5,7,10-11,16H2,1-3H3,(H,27,34);3H,1-2H3;2*1-2H3. The van der Waals surface area contributed by atoms with Gasteiger partial charge in [0.05, 0.1) is 28.0 Å². The Morgan fingerprint density at radius 2 is 1.75 bits per heavy atom. The van der Waals surface area contributed by atoms with Gasteiger partial charge in [-0.3, -0.25) is 14.5 Å². The number of carbonyl (C=O) groups excluding carboxylic acids is 2. The summed E-state index contributed by atoms with van der Waals surface area (Å²) in [6.45, 7) is 18.8. The zero-order valence-electron chi connectivity index (χ0n) is 27.9. The maximum atomic E-state index is 13.2.